The molecule has 4 aromatic rings. The second-order valence-electron chi connectivity index (χ2n) is 11.9. The molecule has 0 saturated heterocycles. The van der Waals surface area contributed by atoms with Crippen molar-refractivity contribution in [3.63, 3.8) is 0 Å². The van der Waals surface area contributed by atoms with E-state index in [1.807, 2.05) is 0 Å². The van der Waals surface area contributed by atoms with E-state index >= 15 is 8.78 Å². The Balaban J connectivity index is 1.71. The number of esters is 1. The van der Waals surface area contributed by atoms with Gasteiger partial charge in [-0.25, -0.2) is 13.6 Å². The van der Waals surface area contributed by atoms with Crippen LogP contribution in [0.1, 0.15) is 57.1 Å². The van der Waals surface area contributed by atoms with Crippen molar-refractivity contribution in [3.8, 4) is 17.0 Å². The zero-order valence-electron chi connectivity index (χ0n) is 29.2. The number of hydrogen-bond acceptors (Lipinski definition) is 10. The maximum absolute atomic E-state index is 16.1. The van der Waals surface area contributed by atoms with Gasteiger partial charge in [0.05, 0.1) is 28.6 Å². The maximum atomic E-state index is 16.1. The summed E-state index contributed by atoms with van der Waals surface area (Å²) in [7, 11) is 2.35. The van der Waals surface area contributed by atoms with E-state index < -0.39 is 105 Å². The lowest BCUT2D eigenvalue weighted by Crippen LogP contribution is -2.49. The molecule has 0 saturated carbocycles. The third-order valence-electron chi connectivity index (χ3n) is 7.94. The molecule has 2 heterocycles. The number of aromatic nitrogens is 1. The highest BCUT2D eigenvalue weighted by Gasteiger charge is 2.53. The molecule has 0 spiro atoms. The zero-order valence-corrected chi connectivity index (χ0v) is 30.0. The molecule has 12 nitrogen and oxygen atoms in total. The topological polar surface area (TPSA) is 161 Å². The number of amides is 2. The number of halogens is 5. The van der Waals surface area contributed by atoms with Crippen molar-refractivity contribution in [1.29, 1.82) is 0 Å². The number of thiophene rings is 1. The molecule has 286 valence electrons. The highest BCUT2D eigenvalue weighted by Crippen LogP contribution is 2.39. The summed E-state index contributed by atoms with van der Waals surface area (Å²) in [6.45, 7) is 3.40. The van der Waals surface area contributed by atoms with Crippen molar-refractivity contribution in [2.75, 3.05) is 26.0 Å². The number of rotatable bonds is 12. The largest absolute Gasteiger partial charge is 0.514 e. The third-order valence-corrected chi connectivity index (χ3v) is 8.97. The monoisotopic (exact) mass is 777 g/mol. The number of carbonyl (C=O) groups excluding carboxylic acids is 4. The lowest BCUT2D eigenvalue weighted by Gasteiger charge is -2.27. The fourth-order valence-electron chi connectivity index (χ4n) is 4.95. The summed E-state index contributed by atoms with van der Waals surface area (Å²) in [4.78, 5) is 70.2. The molecule has 2 N–H and O–H groups in total. The van der Waals surface area contributed by atoms with E-state index in [-0.39, 0.29) is 10.6 Å². The van der Waals surface area contributed by atoms with Gasteiger partial charge in [0.1, 0.15) is 12.2 Å². The molecule has 2 unspecified atom stereocenters. The van der Waals surface area contributed by atoms with E-state index in [1.165, 1.54) is 57.6 Å². The van der Waals surface area contributed by atoms with Gasteiger partial charge in [-0.05, 0) is 49.9 Å². The summed E-state index contributed by atoms with van der Waals surface area (Å²) in [5, 5.41) is 13.7. The first-order valence-electron chi connectivity index (χ1n) is 15.9. The number of benzene rings is 2. The van der Waals surface area contributed by atoms with Crippen LogP contribution in [0.2, 0.25) is 0 Å². The van der Waals surface area contributed by atoms with Gasteiger partial charge >= 0.3 is 24.3 Å². The summed E-state index contributed by atoms with van der Waals surface area (Å²) in [6, 6.07) is 9.88. The highest BCUT2D eigenvalue weighted by atomic mass is 32.1. The molecule has 54 heavy (non-hydrogen) atoms. The number of nitrogens with one attached hydrogen (secondary N) is 1. The molecule has 0 fully saturated rings. The molecule has 2 aromatic carbocycles. The number of aliphatic carboxylic acids is 1. The van der Waals surface area contributed by atoms with Gasteiger partial charge in [-0.1, -0.05) is 31.2 Å². The molecule has 0 bridgehead atoms. The second kappa shape index (κ2) is 16.4. The van der Waals surface area contributed by atoms with E-state index in [0.29, 0.717) is 12.5 Å². The Kier molecular flexibility index (Phi) is 12.4. The first-order chi connectivity index (χ1) is 25.3. The molecule has 2 atom stereocenters. The number of carboxylic acid groups (broad SMARTS) is 1. The quantitative estimate of drug-likeness (QED) is 0.0649. The van der Waals surface area contributed by atoms with Gasteiger partial charge in [-0.15, -0.1) is 11.3 Å². The first kappa shape index (κ1) is 40.9. The predicted molar refractivity (Wildman–Crippen MR) is 183 cm³/mol. The summed E-state index contributed by atoms with van der Waals surface area (Å²) < 4.78 is 88.2. The normalized spacial score (nSPS) is 12.9. The van der Waals surface area contributed by atoms with Crippen LogP contribution in [0.4, 0.5) is 32.4 Å². The Bertz CT molecular complexity index is 2090. The molecular weight excluding hydrogens is 745 g/mol. The maximum Gasteiger partial charge on any atom is 0.514 e. The number of aryl methyl sites for hydroxylation is 1. The smallest absolute Gasteiger partial charge is 0.480 e. The van der Waals surface area contributed by atoms with E-state index in [0.717, 1.165) is 40.5 Å². The van der Waals surface area contributed by atoms with Crippen LogP contribution in [0.5, 0.6) is 5.75 Å². The first-order valence-corrected chi connectivity index (χ1v) is 16.7. The van der Waals surface area contributed by atoms with E-state index in [4.69, 9.17) is 14.2 Å². The third kappa shape index (κ3) is 8.48. The van der Waals surface area contributed by atoms with Crippen LogP contribution >= 0.6 is 11.3 Å². The molecule has 2 amide bonds. The van der Waals surface area contributed by atoms with Gasteiger partial charge in [0.2, 0.25) is 11.2 Å². The fourth-order valence-corrected chi connectivity index (χ4v) is 5.84. The summed E-state index contributed by atoms with van der Waals surface area (Å²) in [6.07, 6.45) is -7.15. The lowest BCUT2D eigenvalue weighted by molar-refractivity contribution is -0.167. The van der Waals surface area contributed by atoms with Crippen LogP contribution in [0.25, 0.3) is 11.3 Å². The van der Waals surface area contributed by atoms with E-state index in [1.54, 1.807) is 6.92 Å². The molecular formula is C36H32F5N3O9S. The molecule has 2 aromatic heterocycles. The number of carboxylic acids is 1. The molecule has 0 aliphatic rings. The van der Waals surface area contributed by atoms with Crippen molar-refractivity contribution in [3.05, 3.63) is 98.9 Å². The minimum Gasteiger partial charge on any atom is -0.480 e. The minimum atomic E-state index is -4.85. The van der Waals surface area contributed by atoms with Gasteiger partial charge in [0.25, 0.3) is 11.8 Å². The minimum absolute atomic E-state index is 0.0961. The summed E-state index contributed by atoms with van der Waals surface area (Å²) >= 11 is 0.832. The Morgan fingerprint density at radius 2 is 1.70 bits per heavy atom. The number of anilines is 1. The number of pyridine rings is 1. The average Bonchev–Trinajstić information content (AvgIpc) is 3.65. The highest BCUT2D eigenvalue weighted by molar-refractivity contribution is 7.10. The standard InChI is InChI=1S/C36H32F5N3O9S/c1-6-19(3)52-33(49)35(32(47)48,25-12-9-15-54-25)17-51-34(50)53-29-23(37)16-24(26(27(29)38)31(46)44(4)5)43-30(45)21-14-13-18(2)42-28(21)20-10-7-8-11-22(20)36(39,40)41/h7-16,19H,6,17H2,1-5H3,(H,43,45)(H,47,48). The van der Waals surface area contributed by atoms with Crippen molar-refractivity contribution >= 4 is 46.9 Å². The van der Waals surface area contributed by atoms with Crippen molar-refractivity contribution in [2.24, 2.45) is 0 Å². The number of carbonyl (C=O) groups is 5. The molecule has 4 rings (SSSR count). The predicted octanol–water partition coefficient (Wildman–Crippen LogP) is 7.25. The molecule has 0 aliphatic carbocycles. The molecule has 18 heteroatoms. The Hall–Kier alpha value is -5.91. The van der Waals surface area contributed by atoms with Crippen molar-refractivity contribution < 1.29 is 65.2 Å². The summed E-state index contributed by atoms with van der Waals surface area (Å²) in [5.41, 5.74) is -6.67. The van der Waals surface area contributed by atoms with E-state index in [9.17, 15) is 42.3 Å². The number of nitrogens with zero attached hydrogens (tertiary/aromatic N) is 2. The Morgan fingerprint density at radius 1 is 1.02 bits per heavy atom. The molecule has 0 radical (unpaired) electrons. The fraction of sp³-hybridized carbons (Fsp3) is 0.278. The van der Waals surface area contributed by atoms with Crippen LogP contribution in [0.3, 0.4) is 0 Å². The van der Waals surface area contributed by atoms with Gasteiger partial charge in [-0.2, -0.15) is 13.2 Å². The lowest BCUT2D eigenvalue weighted by atomic mass is 9.87. The molecule has 0 aliphatic heterocycles. The van der Waals surface area contributed by atoms with Crippen LogP contribution in [-0.4, -0.2) is 71.7 Å². The zero-order chi connectivity index (χ0) is 40.1. The second-order valence-corrected chi connectivity index (χ2v) is 12.9. The van der Waals surface area contributed by atoms with Gasteiger partial charge in [0, 0.05) is 36.3 Å². The van der Waals surface area contributed by atoms with Crippen molar-refractivity contribution in [1.82, 2.24) is 9.88 Å². The number of ether oxygens (including phenoxy) is 3. The van der Waals surface area contributed by atoms with Crippen molar-refractivity contribution in [2.45, 2.75) is 44.9 Å². The van der Waals surface area contributed by atoms with Crippen LogP contribution in [-0.2, 0) is 30.7 Å². The Labute approximate surface area is 308 Å². The van der Waals surface area contributed by atoms with Crippen LogP contribution in [0, 0.1) is 18.6 Å². The SMILES string of the molecule is CCC(C)OC(=O)C(COC(=O)Oc1c(F)cc(NC(=O)c2ccc(C)nc2-c2ccccc2C(F)(F)F)c(C(=O)N(C)C)c1F)(C(=O)O)c1cccs1. The summed E-state index contributed by atoms with van der Waals surface area (Å²) in [5.74, 6) is -10.4. The van der Waals surface area contributed by atoms with E-state index in [2.05, 4.69) is 10.3 Å². The van der Waals surface area contributed by atoms with Gasteiger partial charge < -0.3 is 29.5 Å². The van der Waals surface area contributed by atoms with Crippen LogP contribution in [0.15, 0.2) is 60.0 Å². The van der Waals surface area contributed by atoms with Crippen LogP contribution < -0.4 is 10.1 Å². The van der Waals surface area contributed by atoms with Gasteiger partial charge in [-0.3, -0.25) is 24.2 Å². The number of alkyl halides is 3. The van der Waals surface area contributed by atoms with Gasteiger partial charge in [0.15, 0.2) is 11.6 Å². The Morgan fingerprint density at radius 3 is 2.30 bits per heavy atom. The average molecular weight is 778 g/mol. The number of hydrogen-bond donors (Lipinski definition) is 2.